The van der Waals surface area contributed by atoms with E-state index in [2.05, 4.69) is 19.8 Å². The number of hydrogen-bond acceptors (Lipinski definition) is 5. The predicted octanol–water partition coefficient (Wildman–Crippen LogP) is 1.97. The van der Waals surface area contributed by atoms with E-state index in [1.165, 1.54) is 23.1 Å². The average molecular weight is 347 g/mol. The second-order valence-electron chi connectivity index (χ2n) is 5.10. The molecule has 124 valence electrons. The summed E-state index contributed by atoms with van der Waals surface area (Å²) in [6, 6.07) is 9.14. The lowest BCUT2D eigenvalue weighted by molar-refractivity contribution is 0.592. The predicted molar refractivity (Wildman–Crippen MR) is 85.3 cm³/mol. The monoisotopic (exact) mass is 347 g/mol. The summed E-state index contributed by atoms with van der Waals surface area (Å²) in [5.41, 5.74) is 1.13. The van der Waals surface area contributed by atoms with E-state index in [1.807, 2.05) is 12.1 Å². The molecule has 3 aromatic rings. The number of rotatable bonds is 5. The van der Waals surface area contributed by atoms with Crippen molar-refractivity contribution in [1.29, 1.82) is 0 Å². The normalized spacial score (nSPS) is 11.4. The smallest absolute Gasteiger partial charge is 0.259 e. The molecule has 0 fully saturated rings. The van der Waals surface area contributed by atoms with Gasteiger partial charge in [-0.3, -0.25) is 4.98 Å². The zero-order chi connectivity index (χ0) is 17.2. The standard InChI is InChI=1S/C15H14FN5O2S/c1-11-5-6-13(8-14(11)16)24(22,23)20-15-18-10-21(19-15)9-12-4-2-3-7-17-12/h2-8,10H,9H2,1H3,(H,19,20). The third-order valence-electron chi connectivity index (χ3n) is 3.27. The summed E-state index contributed by atoms with van der Waals surface area (Å²) in [5.74, 6) is -0.682. The van der Waals surface area contributed by atoms with Gasteiger partial charge in [-0.05, 0) is 36.8 Å². The van der Waals surface area contributed by atoms with Gasteiger partial charge in [-0.25, -0.2) is 22.2 Å². The van der Waals surface area contributed by atoms with Crippen LogP contribution in [0.3, 0.4) is 0 Å². The van der Waals surface area contributed by atoms with Gasteiger partial charge in [0.15, 0.2) is 0 Å². The van der Waals surface area contributed by atoms with Gasteiger partial charge >= 0.3 is 0 Å². The van der Waals surface area contributed by atoms with E-state index < -0.39 is 15.8 Å². The van der Waals surface area contributed by atoms with Crippen LogP contribution in [0.2, 0.25) is 0 Å². The second-order valence-corrected chi connectivity index (χ2v) is 6.79. The summed E-state index contributed by atoms with van der Waals surface area (Å²) in [4.78, 5) is 7.87. The third-order valence-corrected chi connectivity index (χ3v) is 4.59. The van der Waals surface area contributed by atoms with Gasteiger partial charge in [-0.15, -0.1) is 5.10 Å². The van der Waals surface area contributed by atoms with Crippen LogP contribution in [0.5, 0.6) is 0 Å². The Morgan fingerprint density at radius 3 is 2.75 bits per heavy atom. The lowest BCUT2D eigenvalue weighted by Crippen LogP contribution is -2.15. The fourth-order valence-electron chi connectivity index (χ4n) is 2.00. The third kappa shape index (κ3) is 3.57. The maximum atomic E-state index is 13.6. The molecule has 2 aromatic heterocycles. The lowest BCUT2D eigenvalue weighted by Gasteiger charge is -2.05. The first-order chi connectivity index (χ1) is 11.4. The number of aryl methyl sites for hydroxylation is 1. The van der Waals surface area contributed by atoms with E-state index in [9.17, 15) is 12.8 Å². The summed E-state index contributed by atoms with van der Waals surface area (Å²) in [5, 5.41) is 4.04. The fourth-order valence-corrected chi connectivity index (χ4v) is 2.95. The molecule has 3 rings (SSSR count). The number of pyridine rings is 1. The van der Waals surface area contributed by atoms with Crippen molar-refractivity contribution in [2.45, 2.75) is 18.4 Å². The molecule has 0 radical (unpaired) electrons. The first-order valence-electron chi connectivity index (χ1n) is 7.02. The highest BCUT2D eigenvalue weighted by Gasteiger charge is 2.18. The molecule has 0 aliphatic carbocycles. The number of hydrogen-bond donors (Lipinski definition) is 1. The molecule has 1 N–H and O–H groups in total. The van der Waals surface area contributed by atoms with Crippen molar-refractivity contribution in [3.05, 3.63) is 66.0 Å². The molecule has 0 saturated heterocycles. The Balaban J connectivity index is 1.77. The summed E-state index contributed by atoms with van der Waals surface area (Å²) in [6.45, 7) is 1.91. The second kappa shape index (κ2) is 6.36. The van der Waals surface area contributed by atoms with E-state index in [0.29, 0.717) is 12.1 Å². The molecule has 2 heterocycles. The van der Waals surface area contributed by atoms with Gasteiger partial charge in [0.25, 0.3) is 16.0 Å². The maximum absolute atomic E-state index is 13.6. The van der Waals surface area contributed by atoms with E-state index in [1.54, 1.807) is 19.2 Å². The molecule has 0 amide bonds. The first kappa shape index (κ1) is 16.1. The Bertz CT molecular complexity index is 957. The van der Waals surface area contributed by atoms with Crippen molar-refractivity contribution in [2.75, 3.05) is 4.72 Å². The van der Waals surface area contributed by atoms with Crippen molar-refractivity contribution in [3.8, 4) is 0 Å². The van der Waals surface area contributed by atoms with Gasteiger partial charge < -0.3 is 0 Å². The van der Waals surface area contributed by atoms with Crippen molar-refractivity contribution >= 4 is 16.0 Å². The number of aromatic nitrogens is 4. The number of nitrogens with one attached hydrogen (secondary N) is 1. The van der Waals surface area contributed by atoms with Crippen molar-refractivity contribution in [2.24, 2.45) is 0 Å². The van der Waals surface area contributed by atoms with E-state index in [4.69, 9.17) is 0 Å². The first-order valence-corrected chi connectivity index (χ1v) is 8.51. The van der Waals surface area contributed by atoms with Crippen LogP contribution >= 0.6 is 0 Å². The van der Waals surface area contributed by atoms with Gasteiger partial charge in [0.1, 0.15) is 12.1 Å². The summed E-state index contributed by atoms with van der Waals surface area (Å²) in [6.07, 6.45) is 3.05. The Morgan fingerprint density at radius 2 is 2.04 bits per heavy atom. The molecule has 9 heteroatoms. The van der Waals surface area contributed by atoms with E-state index in [0.717, 1.165) is 11.8 Å². The largest absolute Gasteiger partial charge is 0.264 e. The summed E-state index contributed by atoms with van der Waals surface area (Å²) < 4.78 is 41.8. The van der Waals surface area contributed by atoms with Gasteiger partial charge in [0.2, 0.25) is 0 Å². The van der Waals surface area contributed by atoms with Crippen LogP contribution in [0, 0.1) is 12.7 Å². The number of halogens is 1. The summed E-state index contributed by atoms with van der Waals surface area (Å²) in [7, 11) is -3.96. The minimum Gasteiger partial charge on any atom is -0.259 e. The lowest BCUT2D eigenvalue weighted by atomic mass is 10.2. The number of benzene rings is 1. The molecular weight excluding hydrogens is 333 g/mol. The Morgan fingerprint density at radius 1 is 1.21 bits per heavy atom. The highest BCUT2D eigenvalue weighted by Crippen LogP contribution is 2.16. The molecule has 0 saturated carbocycles. The molecule has 1 aromatic carbocycles. The van der Waals surface area contributed by atoms with Crippen LogP contribution in [-0.2, 0) is 16.6 Å². The zero-order valence-corrected chi connectivity index (χ0v) is 13.5. The van der Waals surface area contributed by atoms with Crippen molar-refractivity contribution in [1.82, 2.24) is 19.7 Å². The van der Waals surface area contributed by atoms with Crippen LogP contribution < -0.4 is 4.72 Å². The van der Waals surface area contributed by atoms with Crippen LogP contribution in [0.1, 0.15) is 11.3 Å². The fraction of sp³-hybridized carbons (Fsp3) is 0.133. The average Bonchev–Trinajstić information content (AvgIpc) is 2.97. The van der Waals surface area contributed by atoms with Crippen LogP contribution in [0.25, 0.3) is 0 Å². The van der Waals surface area contributed by atoms with Gasteiger partial charge in [0.05, 0.1) is 17.1 Å². The Labute approximate surface area is 138 Å². The minimum absolute atomic E-state index is 0.0908. The summed E-state index contributed by atoms with van der Waals surface area (Å²) >= 11 is 0. The molecule has 24 heavy (non-hydrogen) atoms. The molecule has 0 aliphatic rings. The molecule has 0 bridgehead atoms. The topological polar surface area (TPSA) is 89.8 Å². The highest BCUT2D eigenvalue weighted by molar-refractivity contribution is 7.92. The van der Waals surface area contributed by atoms with E-state index >= 15 is 0 Å². The van der Waals surface area contributed by atoms with Crippen LogP contribution in [0.4, 0.5) is 10.3 Å². The van der Waals surface area contributed by atoms with Crippen LogP contribution in [0.15, 0.2) is 53.8 Å². The maximum Gasteiger partial charge on any atom is 0.264 e. The number of anilines is 1. The Hall–Kier alpha value is -2.81. The van der Waals surface area contributed by atoms with Crippen molar-refractivity contribution < 1.29 is 12.8 Å². The Kier molecular flexibility index (Phi) is 4.26. The molecule has 0 spiro atoms. The molecule has 7 nitrogen and oxygen atoms in total. The molecule has 0 atom stereocenters. The van der Waals surface area contributed by atoms with Gasteiger partial charge in [0, 0.05) is 6.20 Å². The van der Waals surface area contributed by atoms with Crippen LogP contribution in [-0.4, -0.2) is 28.2 Å². The van der Waals surface area contributed by atoms with Crippen molar-refractivity contribution in [3.63, 3.8) is 0 Å². The highest BCUT2D eigenvalue weighted by atomic mass is 32.2. The number of nitrogens with zero attached hydrogens (tertiary/aromatic N) is 4. The quantitative estimate of drug-likeness (QED) is 0.762. The SMILES string of the molecule is Cc1ccc(S(=O)(=O)Nc2ncn(Cc3ccccn3)n2)cc1F. The zero-order valence-electron chi connectivity index (χ0n) is 12.7. The van der Waals surface area contributed by atoms with Gasteiger partial charge in [-0.2, -0.15) is 4.98 Å². The molecular formula is C15H14FN5O2S. The minimum atomic E-state index is -3.96. The van der Waals surface area contributed by atoms with E-state index in [-0.39, 0.29) is 10.8 Å². The van der Waals surface area contributed by atoms with Gasteiger partial charge in [-0.1, -0.05) is 12.1 Å². The molecule has 0 aliphatic heterocycles. The number of sulfonamides is 1. The molecule has 0 unspecified atom stereocenters.